The van der Waals surface area contributed by atoms with Crippen LogP contribution in [-0.4, -0.2) is 8.32 Å². The maximum atomic E-state index is 6.41. The summed E-state index contributed by atoms with van der Waals surface area (Å²) in [7, 11) is -1.53. The zero-order valence-electron chi connectivity index (χ0n) is 12.6. The Morgan fingerprint density at radius 2 is 1.90 bits per heavy atom. The van der Waals surface area contributed by atoms with Gasteiger partial charge in [0.15, 0.2) is 0 Å². The quantitative estimate of drug-likeness (QED) is 0.661. The van der Waals surface area contributed by atoms with Gasteiger partial charge in [0.2, 0.25) is 0 Å². The Kier molecular flexibility index (Phi) is 5.62. The van der Waals surface area contributed by atoms with Crippen LogP contribution in [0.15, 0.2) is 51.9 Å². The third-order valence-corrected chi connectivity index (χ3v) is 5.18. The maximum absolute atomic E-state index is 6.41. The minimum absolute atomic E-state index is 0.233. The van der Waals surface area contributed by atoms with E-state index in [1.54, 1.807) is 0 Å². The zero-order valence-corrected chi connectivity index (χ0v) is 15.2. The number of rotatable bonds is 6. The van der Waals surface area contributed by atoms with E-state index in [4.69, 9.17) is 4.43 Å². The first-order valence-corrected chi connectivity index (χ1v) is 11.5. The van der Waals surface area contributed by atoms with Gasteiger partial charge in [-0.1, -0.05) is 0 Å². The fourth-order valence-electron chi connectivity index (χ4n) is 2.46. The molecule has 0 radical (unpaired) electrons. The van der Waals surface area contributed by atoms with Crippen LogP contribution in [-0.2, 0) is 24.9 Å². The predicted molar refractivity (Wildman–Crippen MR) is 83.6 cm³/mol. The van der Waals surface area contributed by atoms with Crippen molar-refractivity contribution in [3.05, 3.63) is 57.5 Å². The van der Waals surface area contributed by atoms with Crippen molar-refractivity contribution in [1.82, 2.24) is 0 Å². The predicted octanol–water partition coefficient (Wildman–Crippen LogP) is 5.12. The first kappa shape index (κ1) is 16.0. The van der Waals surface area contributed by atoms with E-state index in [1.807, 2.05) is 0 Å². The van der Waals surface area contributed by atoms with E-state index in [1.165, 1.54) is 15.0 Å². The second kappa shape index (κ2) is 7.04. The zero-order chi connectivity index (χ0) is 14.6. The van der Waals surface area contributed by atoms with E-state index in [2.05, 4.69) is 82.6 Å². The van der Waals surface area contributed by atoms with Gasteiger partial charge in [0, 0.05) is 0 Å². The average molecular weight is 319 g/mol. The fourth-order valence-corrected chi connectivity index (χ4v) is 4.08. The Labute approximate surface area is 135 Å². The van der Waals surface area contributed by atoms with E-state index < -0.39 is 8.32 Å². The van der Waals surface area contributed by atoms with Gasteiger partial charge in [0.1, 0.15) is 0 Å². The molecule has 0 spiro atoms. The summed E-state index contributed by atoms with van der Waals surface area (Å²) in [6, 6.07) is 10.7. The third kappa shape index (κ3) is 4.85. The van der Waals surface area contributed by atoms with Gasteiger partial charge in [-0.2, -0.15) is 0 Å². The molecule has 1 atom stereocenters. The molecule has 2 rings (SSSR count). The molecule has 0 saturated heterocycles. The van der Waals surface area contributed by atoms with Crippen LogP contribution in [0.1, 0.15) is 30.9 Å². The summed E-state index contributed by atoms with van der Waals surface area (Å²) >= 11 is 2.24. The van der Waals surface area contributed by atoms with Crippen molar-refractivity contribution >= 4 is 8.32 Å². The van der Waals surface area contributed by atoms with Crippen LogP contribution in [0.2, 0.25) is 19.6 Å². The first-order chi connectivity index (χ1) is 9.46. The normalized spacial score (nSPS) is 16.7. The van der Waals surface area contributed by atoms with Crippen molar-refractivity contribution in [2.75, 3.05) is 0 Å². The molecular weight excluding hydrogens is 296 g/mol. The van der Waals surface area contributed by atoms with Crippen molar-refractivity contribution in [3.8, 4) is 0 Å². The van der Waals surface area contributed by atoms with Crippen molar-refractivity contribution < 1.29 is 24.9 Å². The number of benzene rings is 1. The van der Waals surface area contributed by atoms with Gasteiger partial charge in [-0.25, -0.2) is 0 Å². The molecule has 0 amide bonds. The molecule has 1 unspecified atom stereocenters. The third-order valence-electron chi connectivity index (χ3n) is 3.37. The molecule has 0 saturated carbocycles. The van der Waals surface area contributed by atoms with Gasteiger partial charge in [0.25, 0.3) is 0 Å². The standard InChI is InChI=1S/C17H23OSi.Ti/c1-19(2,3)18-17(16-11-5-4-6-12-16)14-13-15-9-7-8-10-15;/h4-7,9,11-12,17H,8,13-14H2,1-3H3;. The van der Waals surface area contributed by atoms with E-state index >= 15 is 0 Å². The summed E-state index contributed by atoms with van der Waals surface area (Å²) < 4.78 is 7.93. The number of hydrogen-bond donors (Lipinski definition) is 0. The minimum atomic E-state index is -1.53. The molecule has 1 aromatic carbocycles. The molecule has 0 heterocycles. The fraction of sp³-hybridized carbons (Fsp3) is 0.412. The summed E-state index contributed by atoms with van der Waals surface area (Å²) in [5.74, 6) is 0. The molecule has 1 aliphatic carbocycles. The van der Waals surface area contributed by atoms with Crippen molar-refractivity contribution in [2.24, 2.45) is 0 Å². The summed E-state index contributed by atoms with van der Waals surface area (Å²) in [4.78, 5) is 0. The second-order valence-corrected chi connectivity index (χ2v) is 11.7. The molecular formula is C17H23OSiTi. The topological polar surface area (TPSA) is 9.23 Å². The van der Waals surface area contributed by atoms with E-state index in [0.717, 1.165) is 19.3 Å². The summed E-state index contributed by atoms with van der Waals surface area (Å²) in [5, 5.41) is 0. The Bertz CT molecular complexity index is 499. The van der Waals surface area contributed by atoms with Crippen molar-refractivity contribution in [3.63, 3.8) is 0 Å². The van der Waals surface area contributed by atoms with Gasteiger partial charge in [-0.05, 0) is 0 Å². The van der Waals surface area contributed by atoms with Crippen molar-refractivity contribution in [1.29, 1.82) is 0 Å². The molecule has 105 valence electrons. The molecule has 1 aromatic rings. The van der Waals surface area contributed by atoms with Gasteiger partial charge in [-0.15, -0.1) is 0 Å². The Morgan fingerprint density at radius 3 is 2.45 bits per heavy atom. The van der Waals surface area contributed by atoms with E-state index in [-0.39, 0.29) is 6.10 Å². The number of hydrogen-bond acceptors (Lipinski definition) is 1. The molecule has 0 aromatic heterocycles. The average Bonchev–Trinajstić information content (AvgIpc) is 2.80. The first-order valence-electron chi connectivity index (χ1n) is 7.28. The summed E-state index contributed by atoms with van der Waals surface area (Å²) in [6.07, 6.45) is 8.10. The SMILES string of the molecule is C[Si](C)(C)OC(CCC1=[C]([Ti])CC=C1)c1ccccc1. The monoisotopic (exact) mass is 319 g/mol. The van der Waals surface area contributed by atoms with Crippen LogP contribution in [0, 0.1) is 0 Å². The molecule has 0 bridgehead atoms. The molecule has 1 nitrogen and oxygen atoms in total. The molecule has 0 aliphatic heterocycles. The van der Waals surface area contributed by atoms with Gasteiger partial charge >= 0.3 is 136 Å². The van der Waals surface area contributed by atoms with Crippen LogP contribution >= 0.6 is 0 Å². The Hall–Kier alpha value is -0.409. The van der Waals surface area contributed by atoms with Crippen LogP contribution < -0.4 is 0 Å². The molecule has 0 fully saturated rings. The second-order valence-electron chi connectivity index (χ2n) is 6.28. The molecule has 1 aliphatic rings. The van der Waals surface area contributed by atoms with E-state index in [9.17, 15) is 0 Å². The van der Waals surface area contributed by atoms with Gasteiger partial charge in [-0.3, -0.25) is 0 Å². The molecule has 0 N–H and O–H groups in total. The van der Waals surface area contributed by atoms with Crippen LogP contribution in [0.4, 0.5) is 0 Å². The summed E-state index contributed by atoms with van der Waals surface area (Å²) in [6.45, 7) is 6.80. The Balaban J connectivity index is 2.07. The molecule has 20 heavy (non-hydrogen) atoms. The van der Waals surface area contributed by atoms with Gasteiger partial charge < -0.3 is 0 Å². The van der Waals surface area contributed by atoms with Crippen LogP contribution in [0.3, 0.4) is 0 Å². The van der Waals surface area contributed by atoms with Crippen LogP contribution in [0.5, 0.6) is 0 Å². The van der Waals surface area contributed by atoms with Gasteiger partial charge in [0.05, 0.1) is 0 Å². The number of allylic oxidation sites excluding steroid dienone is 4. The van der Waals surface area contributed by atoms with Crippen molar-refractivity contribution in [2.45, 2.75) is 45.0 Å². The van der Waals surface area contributed by atoms with Crippen LogP contribution in [0.25, 0.3) is 0 Å². The Morgan fingerprint density at radius 1 is 1.20 bits per heavy atom. The molecule has 3 heteroatoms. The summed E-state index contributed by atoms with van der Waals surface area (Å²) in [5.41, 5.74) is 2.82. The van der Waals surface area contributed by atoms with E-state index in [0.29, 0.717) is 0 Å².